The number of rotatable bonds is 5. The lowest BCUT2D eigenvalue weighted by Gasteiger charge is -2.60. The van der Waals surface area contributed by atoms with Crippen molar-refractivity contribution >= 4 is 11.7 Å². The Kier molecular flexibility index (Phi) is 6.74. The number of carbonyl (C=O) groups is 1. The molecule has 1 aromatic rings. The minimum absolute atomic E-state index is 0.0154. The molecule has 2 bridgehead atoms. The predicted octanol–water partition coefficient (Wildman–Crippen LogP) is 5.05. The van der Waals surface area contributed by atoms with Crippen LogP contribution in [0.1, 0.15) is 52.0 Å². The topological polar surface area (TPSA) is 87.3 Å². The first-order valence-electron chi connectivity index (χ1n) is 12.6. The molecule has 1 aromatic carbocycles. The lowest BCUT2D eigenvalue weighted by molar-refractivity contribution is -0.577. The molecule has 2 N–H and O–H groups in total. The summed E-state index contributed by atoms with van der Waals surface area (Å²) in [6, 6.07) is 4.07. The lowest BCUT2D eigenvalue weighted by Crippen LogP contribution is -2.70. The maximum atomic E-state index is 13.1. The van der Waals surface area contributed by atoms with Crippen molar-refractivity contribution in [1.82, 2.24) is 5.32 Å². The molecule has 1 aliphatic carbocycles. The highest BCUT2D eigenvalue weighted by molar-refractivity contribution is 5.90. The second-order valence-corrected chi connectivity index (χ2v) is 10.6. The molecule has 5 fully saturated rings. The van der Waals surface area contributed by atoms with Gasteiger partial charge in [0, 0.05) is 24.8 Å². The quantitative estimate of drug-likeness (QED) is 0.422. The van der Waals surface area contributed by atoms with Crippen LogP contribution in [-0.2, 0) is 30.2 Å². The molecule has 11 heteroatoms. The van der Waals surface area contributed by atoms with Crippen LogP contribution in [0.2, 0.25) is 0 Å². The molecule has 4 saturated heterocycles. The van der Waals surface area contributed by atoms with Gasteiger partial charge in [0.2, 0.25) is 5.79 Å². The normalized spacial score (nSPS) is 39.7. The predicted molar refractivity (Wildman–Crippen MR) is 121 cm³/mol. The van der Waals surface area contributed by atoms with E-state index in [4.69, 9.17) is 24.0 Å². The number of carbonyl (C=O) groups excluding carboxylic acids is 1. The van der Waals surface area contributed by atoms with E-state index < -0.39 is 41.7 Å². The van der Waals surface area contributed by atoms with E-state index in [1.807, 2.05) is 6.92 Å². The Morgan fingerprint density at radius 2 is 1.92 bits per heavy atom. The van der Waals surface area contributed by atoms with E-state index in [0.29, 0.717) is 12.3 Å². The molecular formula is C25H33F3N2O6. The van der Waals surface area contributed by atoms with Crippen LogP contribution in [-0.4, -0.2) is 43.2 Å². The van der Waals surface area contributed by atoms with Gasteiger partial charge < -0.3 is 24.8 Å². The van der Waals surface area contributed by atoms with Crippen molar-refractivity contribution in [2.75, 3.05) is 18.5 Å². The van der Waals surface area contributed by atoms with Crippen molar-refractivity contribution in [3.8, 4) is 0 Å². The van der Waals surface area contributed by atoms with Crippen molar-refractivity contribution in [2.45, 2.75) is 76.6 Å². The largest absolute Gasteiger partial charge is 0.418 e. The van der Waals surface area contributed by atoms with Crippen molar-refractivity contribution in [1.29, 1.82) is 0 Å². The standard InChI is InChI=1S/C25H33F3N2O6/c1-14-8-9-17-15(2)20(33-21-24(17)16(14)10-11-23(3,34-21)35-36-24)32-13-12-29-22(31)30-19-7-5-4-6-18(19)25(26,27)28/h4-7,14-17,20-21H,8-13H2,1-3H3,(H2,29,30,31)/t14-,15-,16+,17+,20+,21-,23+,24-/m1/s1. The van der Waals surface area contributed by atoms with Gasteiger partial charge in [-0.15, -0.1) is 0 Å². The number of hydrogen-bond acceptors (Lipinski definition) is 6. The Morgan fingerprint density at radius 1 is 1.14 bits per heavy atom. The SMILES string of the molecule is C[C@H]1[C@@H](OCCNC(=O)Nc2ccccc2C(F)(F)F)O[C@@H]2O[C@]3(C)CC[C@H]4[C@H](C)CC[C@@H]1[C@@]24OO3. The number of nitrogens with one attached hydrogen (secondary N) is 2. The Balaban J connectivity index is 1.19. The minimum atomic E-state index is -4.57. The van der Waals surface area contributed by atoms with Gasteiger partial charge in [-0.1, -0.05) is 26.0 Å². The average Bonchev–Trinajstić information content (AvgIpc) is 3.05. The molecule has 6 rings (SSSR count). The average molecular weight is 515 g/mol. The molecule has 8 nitrogen and oxygen atoms in total. The summed E-state index contributed by atoms with van der Waals surface area (Å²) in [5.74, 6) is -0.0814. The molecule has 0 radical (unpaired) electrons. The van der Waals surface area contributed by atoms with Gasteiger partial charge >= 0.3 is 12.2 Å². The second kappa shape index (κ2) is 9.43. The van der Waals surface area contributed by atoms with Crippen LogP contribution in [0.5, 0.6) is 0 Å². The molecule has 36 heavy (non-hydrogen) atoms. The van der Waals surface area contributed by atoms with Gasteiger partial charge in [0.1, 0.15) is 0 Å². The van der Waals surface area contributed by atoms with E-state index >= 15 is 0 Å². The summed E-state index contributed by atoms with van der Waals surface area (Å²) in [4.78, 5) is 24.1. The van der Waals surface area contributed by atoms with E-state index in [1.54, 1.807) is 0 Å². The van der Waals surface area contributed by atoms with Crippen molar-refractivity contribution < 1.29 is 42.0 Å². The molecule has 1 saturated carbocycles. The number of amides is 2. The zero-order chi connectivity index (χ0) is 25.7. The van der Waals surface area contributed by atoms with Crippen molar-refractivity contribution in [3.05, 3.63) is 29.8 Å². The second-order valence-electron chi connectivity index (χ2n) is 10.6. The minimum Gasteiger partial charge on any atom is -0.350 e. The highest BCUT2D eigenvalue weighted by Gasteiger charge is 2.69. The Morgan fingerprint density at radius 3 is 2.69 bits per heavy atom. The summed E-state index contributed by atoms with van der Waals surface area (Å²) in [7, 11) is 0. The lowest BCUT2D eigenvalue weighted by atomic mass is 9.58. The molecule has 1 spiro atoms. The number of urea groups is 1. The van der Waals surface area contributed by atoms with Gasteiger partial charge in [-0.2, -0.15) is 13.2 Å². The smallest absolute Gasteiger partial charge is 0.350 e. The molecule has 0 unspecified atom stereocenters. The van der Waals surface area contributed by atoms with E-state index in [2.05, 4.69) is 24.5 Å². The summed E-state index contributed by atoms with van der Waals surface area (Å²) < 4.78 is 58.0. The number of ether oxygens (including phenoxy) is 3. The molecule has 4 aliphatic heterocycles. The number of benzene rings is 1. The third kappa shape index (κ3) is 4.49. The first kappa shape index (κ1) is 25.7. The van der Waals surface area contributed by atoms with Crippen LogP contribution in [0.15, 0.2) is 24.3 Å². The van der Waals surface area contributed by atoms with E-state index in [9.17, 15) is 18.0 Å². The first-order chi connectivity index (χ1) is 17.0. The van der Waals surface area contributed by atoms with Crippen LogP contribution in [0, 0.1) is 23.7 Å². The van der Waals surface area contributed by atoms with Crippen LogP contribution < -0.4 is 10.6 Å². The highest BCUT2D eigenvalue weighted by atomic mass is 19.4. The fourth-order valence-electron chi connectivity index (χ4n) is 6.41. The maximum absolute atomic E-state index is 13.1. The van der Waals surface area contributed by atoms with Crippen molar-refractivity contribution in [3.63, 3.8) is 0 Å². The number of anilines is 1. The molecule has 8 atom stereocenters. The van der Waals surface area contributed by atoms with E-state index in [-0.39, 0.29) is 36.6 Å². The number of para-hydroxylation sites is 1. The van der Waals surface area contributed by atoms with Crippen LogP contribution >= 0.6 is 0 Å². The number of hydrogen-bond donors (Lipinski definition) is 2. The number of fused-ring (bicyclic) bond motifs is 2. The maximum Gasteiger partial charge on any atom is 0.418 e. The summed E-state index contributed by atoms with van der Waals surface area (Å²) in [5.41, 5.74) is -1.90. The van der Waals surface area contributed by atoms with E-state index in [1.165, 1.54) is 18.2 Å². The molecular weight excluding hydrogens is 481 g/mol. The van der Waals surface area contributed by atoms with Crippen LogP contribution in [0.25, 0.3) is 0 Å². The van der Waals surface area contributed by atoms with Gasteiger partial charge in [0.05, 0.1) is 17.9 Å². The Hall–Kier alpha value is -1.92. The first-order valence-corrected chi connectivity index (χ1v) is 12.6. The fourth-order valence-corrected chi connectivity index (χ4v) is 6.41. The molecule has 4 heterocycles. The van der Waals surface area contributed by atoms with E-state index in [0.717, 1.165) is 25.3 Å². The number of halogens is 3. The molecule has 2 amide bonds. The summed E-state index contributed by atoms with van der Waals surface area (Å²) in [6.45, 7) is 6.36. The monoisotopic (exact) mass is 514 g/mol. The zero-order valence-electron chi connectivity index (χ0n) is 20.6. The number of alkyl halides is 3. The summed E-state index contributed by atoms with van der Waals surface area (Å²) in [6.07, 6.45) is -2.13. The highest BCUT2D eigenvalue weighted by Crippen LogP contribution is 2.60. The molecule has 5 aliphatic rings. The van der Waals surface area contributed by atoms with Gasteiger partial charge in [-0.05, 0) is 50.2 Å². The molecule has 0 aromatic heterocycles. The van der Waals surface area contributed by atoms with Crippen LogP contribution in [0.4, 0.5) is 23.7 Å². The Bertz CT molecular complexity index is 979. The fraction of sp³-hybridized carbons (Fsp3) is 0.720. The van der Waals surface area contributed by atoms with Crippen LogP contribution in [0.3, 0.4) is 0 Å². The van der Waals surface area contributed by atoms with Gasteiger partial charge in [-0.3, -0.25) is 0 Å². The summed E-state index contributed by atoms with van der Waals surface area (Å²) in [5, 5.41) is 4.79. The van der Waals surface area contributed by atoms with Gasteiger partial charge in [0.25, 0.3) is 0 Å². The van der Waals surface area contributed by atoms with Gasteiger partial charge in [0.15, 0.2) is 18.2 Å². The third-order valence-corrected chi connectivity index (χ3v) is 8.25. The third-order valence-electron chi connectivity index (χ3n) is 8.25. The zero-order valence-corrected chi connectivity index (χ0v) is 20.6. The van der Waals surface area contributed by atoms with Gasteiger partial charge in [-0.25, -0.2) is 14.6 Å². The van der Waals surface area contributed by atoms with Crippen molar-refractivity contribution in [2.24, 2.45) is 23.7 Å². The summed E-state index contributed by atoms with van der Waals surface area (Å²) >= 11 is 0. The Labute approximate surface area is 208 Å². The molecule has 200 valence electrons.